The Morgan fingerprint density at radius 3 is 2.62 bits per heavy atom. The number of benzene rings is 2. The van der Waals surface area contributed by atoms with Crippen LogP contribution in [0.1, 0.15) is 5.56 Å². The normalized spacial score (nSPS) is 11.4. The van der Waals surface area contributed by atoms with Gasteiger partial charge in [0, 0.05) is 15.1 Å². The minimum Gasteiger partial charge on any atom is -0.489 e. The number of nitrogens with zero attached hydrogens (tertiary/aromatic N) is 1. The summed E-state index contributed by atoms with van der Waals surface area (Å²) in [6.07, 6.45) is 2.99. The van der Waals surface area contributed by atoms with Crippen molar-refractivity contribution in [3.05, 3.63) is 70.2 Å². The van der Waals surface area contributed by atoms with E-state index in [2.05, 4.69) is 32.4 Å². The van der Waals surface area contributed by atoms with Gasteiger partial charge in [0.2, 0.25) is 0 Å². The van der Waals surface area contributed by atoms with Crippen LogP contribution in [0.25, 0.3) is 0 Å². The Balaban J connectivity index is 2.17. The molecule has 0 atom stereocenters. The van der Waals surface area contributed by atoms with Gasteiger partial charge in [0.05, 0.1) is 11.1 Å². The molecule has 1 N–H and O–H groups in total. The molecule has 0 aromatic heterocycles. The summed E-state index contributed by atoms with van der Waals surface area (Å²) in [5.41, 5.74) is 0.616. The molecule has 0 aliphatic carbocycles. The van der Waals surface area contributed by atoms with Gasteiger partial charge in [-0.3, -0.25) is 0 Å². The zero-order valence-corrected chi connectivity index (χ0v) is 15.6. The fraction of sp³-hybridized carbons (Fsp3) is 0.0625. The SMILES string of the molecule is C=CCOc1ccc(Br)cc1C=NNS(=O)(=O)c1ccc(Cl)cc1. The number of nitrogens with one attached hydrogen (secondary N) is 1. The standard InChI is InChI=1S/C16H14BrClN2O3S/c1-2-9-23-16-8-3-13(17)10-12(16)11-19-20-24(21,22)15-6-4-14(18)5-7-15/h2-8,10-11,20H,1,9H2. The van der Waals surface area contributed by atoms with Crippen LogP contribution in [0.5, 0.6) is 5.75 Å². The quantitative estimate of drug-likeness (QED) is 0.411. The Morgan fingerprint density at radius 2 is 1.96 bits per heavy atom. The number of ether oxygens (including phenoxy) is 1. The Kier molecular flexibility index (Phi) is 6.42. The number of hydrogen-bond acceptors (Lipinski definition) is 4. The molecule has 0 bridgehead atoms. The van der Waals surface area contributed by atoms with E-state index in [4.69, 9.17) is 16.3 Å². The van der Waals surface area contributed by atoms with Gasteiger partial charge in [-0.25, -0.2) is 4.83 Å². The van der Waals surface area contributed by atoms with Crippen molar-refractivity contribution >= 4 is 43.8 Å². The van der Waals surface area contributed by atoms with Gasteiger partial charge in [0.15, 0.2) is 0 Å². The Morgan fingerprint density at radius 1 is 1.25 bits per heavy atom. The monoisotopic (exact) mass is 428 g/mol. The fourth-order valence-electron chi connectivity index (χ4n) is 1.73. The summed E-state index contributed by atoms with van der Waals surface area (Å²) in [4.78, 5) is 2.22. The first-order chi connectivity index (χ1) is 11.4. The maximum absolute atomic E-state index is 12.1. The number of hydrogen-bond donors (Lipinski definition) is 1. The fourth-order valence-corrected chi connectivity index (χ4v) is 3.03. The summed E-state index contributed by atoms with van der Waals surface area (Å²) >= 11 is 9.10. The van der Waals surface area contributed by atoms with Crippen molar-refractivity contribution in [3.8, 4) is 5.75 Å². The summed E-state index contributed by atoms with van der Waals surface area (Å²) in [5.74, 6) is 0.563. The van der Waals surface area contributed by atoms with Gasteiger partial charge in [0.25, 0.3) is 10.0 Å². The van der Waals surface area contributed by atoms with Gasteiger partial charge < -0.3 is 4.74 Å². The van der Waals surface area contributed by atoms with Crippen molar-refractivity contribution < 1.29 is 13.2 Å². The molecule has 0 aliphatic rings. The molecule has 8 heteroatoms. The van der Waals surface area contributed by atoms with E-state index in [9.17, 15) is 8.42 Å². The van der Waals surface area contributed by atoms with Crippen LogP contribution in [0.3, 0.4) is 0 Å². The van der Waals surface area contributed by atoms with E-state index in [-0.39, 0.29) is 4.90 Å². The van der Waals surface area contributed by atoms with Crippen LogP contribution >= 0.6 is 27.5 Å². The van der Waals surface area contributed by atoms with E-state index in [1.807, 2.05) is 6.07 Å². The molecule has 2 aromatic carbocycles. The molecule has 0 aliphatic heterocycles. The van der Waals surface area contributed by atoms with Gasteiger partial charge in [0.1, 0.15) is 12.4 Å². The zero-order chi connectivity index (χ0) is 17.6. The van der Waals surface area contributed by atoms with Gasteiger partial charge >= 0.3 is 0 Å². The minimum absolute atomic E-state index is 0.0708. The van der Waals surface area contributed by atoms with E-state index in [0.717, 1.165) is 4.47 Å². The largest absolute Gasteiger partial charge is 0.489 e. The van der Waals surface area contributed by atoms with Gasteiger partial charge in [-0.15, -0.1) is 0 Å². The van der Waals surface area contributed by atoms with Gasteiger partial charge in [-0.2, -0.15) is 13.5 Å². The molecule has 0 amide bonds. The number of sulfonamides is 1. The lowest BCUT2D eigenvalue weighted by atomic mass is 10.2. The maximum Gasteiger partial charge on any atom is 0.276 e. The molecule has 0 heterocycles. The molecule has 0 saturated carbocycles. The van der Waals surface area contributed by atoms with Crippen LogP contribution in [0.4, 0.5) is 0 Å². The highest BCUT2D eigenvalue weighted by molar-refractivity contribution is 9.10. The molecular formula is C16H14BrClN2O3S. The van der Waals surface area contributed by atoms with Gasteiger partial charge in [-0.1, -0.05) is 40.2 Å². The minimum atomic E-state index is -3.76. The average molecular weight is 430 g/mol. The molecule has 0 spiro atoms. The lowest BCUT2D eigenvalue weighted by Crippen LogP contribution is -2.18. The molecule has 0 fully saturated rings. The number of rotatable bonds is 7. The van der Waals surface area contributed by atoms with Crippen molar-refractivity contribution in [2.75, 3.05) is 6.61 Å². The number of halogens is 2. The van der Waals surface area contributed by atoms with Crippen LogP contribution in [0, 0.1) is 0 Å². The first kappa shape index (κ1) is 18.5. The number of hydrazone groups is 1. The van der Waals surface area contributed by atoms with Crippen LogP contribution in [-0.4, -0.2) is 21.2 Å². The van der Waals surface area contributed by atoms with Gasteiger partial charge in [-0.05, 0) is 42.5 Å². The van der Waals surface area contributed by atoms with Crippen molar-refractivity contribution in [1.82, 2.24) is 4.83 Å². The van der Waals surface area contributed by atoms with Crippen LogP contribution < -0.4 is 9.57 Å². The predicted molar refractivity (Wildman–Crippen MR) is 99.2 cm³/mol. The van der Waals surface area contributed by atoms with Crippen molar-refractivity contribution in [2.45, 2.75) is 4.90 Å². The second-order valence-electron chi connectivity index (χ2n) is 4.59. The van der Waals surface area contributed by atoms with E-state index < -0.39 is 10.0 Å². The van der Waals surface area contributed by atoms with E-state index in [1.165, 1.54) is 30.5 Å². The van der Waals surface area contributed by atoms with Crippen molar-refractivity contribution in [1.29, 1.82) is 0 Å². The Bertz CT molecular complexity index is 852. The van der Waals surface area contributed by atoms with Crippen LogP contribution in [0.15, 0.2) is 69.6 Å². The van der Waals surface area contributed by atoms with Crippen molar-refractivity contribution in [2.24, 2.45) is 5.10 Å². The highest BCUT2D eigenvalue weighted by atomic mass is 79.9. The molecule has 126 valence electrons. The van der Waals surface area contributed by atoms with Crippen LogP contribution in [-0.2, 0) is 10.0 Å². The smallest absolute Gasteiger partial charge is 0.276 e. The highest BCUT2D eigenvalue weighted by Crippen LogP contribution is 2.22. The lowest BCUT2D eigenvalue weighted by Gasteiger charge is -2.08. The summed E-state index contributed by atoms with van der Waals surface area (Å²) < 4.78 is 30.6. The Hall–Kier alpha value is -1.83. The third-order valence-corrected chi connectivity index (χ3v) is 4.81. The molecule has 0 saturated heterocycles. The second-order valence-corrected chi connectivity index (χ2v) is 7.60. The third kappa shape index (κ3) is 5.09. The maximum atomic E-state index is 12.1. The zero-order valence-electron chi connectivity index (χ0n) is 12.4. The molecule has 0 unspecified atom stereocenters. The van der Waals surface area contributed by atoms with E-state index in [1.54, 1.807) is 18.2 Å². The summed E-state index contributed by atoms with van der Waals surface area (Å²) in [7, 11) is -3.76. The third-order valence-electron chi connectivity index (χ3n) is 2.83. The second kappa shape index (κ2) is 8.32. The van der Waals surface area contributed by atoms with Crippen molar-refractivity contribution in [3.63, 3.8) is 0 Å². The summed E-state index contributed by atoms with van der Waals surface area (Å²) in [6.45, 7) is 3.92. The lowest BCUT2D eigenvalue weighted by molar-refractivity contribution is 0.362. The molecule has 2 rings (SSSR count). The summed E-state index contributed by atoms with van der Waals surface area (Å²) in [6, 6.07) is 11.1. The molecule has 5 nitrogen and oxygen atoms in total. The van der Waals surface area contributed by atoms with Crippen LogP contribution in [0.2, 0.25) is 5.02 Å². The molecule has 24 heavy (non-hydrogen) atoms. The molecular weight excluding hydrogens is 416 g/mol. The topological polar surface area (TPSA) is 67.8 Å². The Labute approximate surface area is 154 Å². The molecule has 2 aromatic rings. The summed E-state index contributed by atoms with van der Waals surface area (Å²) in [5, 5.41) is 4.25. The van der Waals surface area contributed by atoms with E-state index in [0.29, 0.717) is 22.9 Å². The van der Waals surface area contributed by atoms with E-state index >= 15 is 0 Å². The highest BCUT2D eigenvalue weighted by Gasteiger charge is 2.12. The predicted octanol–water partition coefficient (Wildman–Crippen LogP) is 3.98. The molecule has 0 radical (unpaired) electrons. The first-order valence-corrected chi connectivity index (χ1v) is 9.41. The first-order valence-electron chi connectivity index (χ1n) is 6.76. The average Bonchev–Trinajstić information content (AvgIpc) is 2.54.